The molecule has 1 amide bonds. The summed E-state index contributed by atoms with van der Waals surface area (Å²) >= 11 is 0. The summed E-state index contributed by atoms with van der Waals surface area (Å²) in [7, 11) is 0. The Balaban J connectivity index is 1.83. The van der Waals surface area contributed by atoms with E-state index in [1.54, 1.807) is 0 Å². The summed E-state index contributed by atoms with van der Waals surface area (Å²) in [5.74, 6) is 0.113. The van der Waals surface area contributed by atoms with Gasteiger partial charge in [0, 0.05) is 6.54 Å². The number of hydrogen-bond donors (Lipinski definition) is 2. The van der Waals surface area contributed by atoms with E-state index < -0.39 is 0 Å². The van der Waals surface area contributed by atoms with Gasteiger partial charge in [-0.05, 0) is 70.4 Å². The van der Waals surface area contributed by atoms with Gasteiger partial charge in [-0.3, -0.25) is 4.79 Å². The van der Waals surface area contributed by atoms with Crippen LogP contribution in [0.15, 0.2) is 58.7 Å². The molecule has 0 spiro atoms. The summed E-state index contributed by atoms with van der Waals surface area (Å²) in [4.78, 5) is 12.0. The smallest absolute Gasteiger partial charge is 0.237 e. The van der Waals surface area contributed by atoms with Crippen molar-refractivity contribution in [3.63, 3.8) is 0 Å². The second kappa shape index (κ2) is 10.6. The van der Waals surface area contributed by atoms with E-state index in [1.165, 1.54) is 36.0 Å². The third-order valence-electron chi connectivity index (χ3n) is 5.85. The lowest BCUT2D eigenvalue weighted by Gasteiger charge is -2.32. The lowest BCUT2D eigenvalue weighted by Crippen LogP contribution is -2.40. The van der Waals surface area contributed by atoms with Crippen molar-refractivity contribution in [1.82, 2.24) is 10.6 Å². The number of carbonyl (C=O) groups is 1. The van der Waals surface area contributed by atoms with E-state index in [-0.39, 0.29) is 17.4 Å². The van der Waals surface area contributed by atoms with Gasteiger partial charge in [0.15, 0.2) is 0 Å². The molecule has 1 aliphatic carbocycles. The van der Waals surface area contributed by atoms with Crippen molar-refractivity contribution in [1.29, 1.82) is 0 Å². The Kier molecular flexibility index (Phi) is 8.50. The van der Waals surface area contributed by atoms with Gasteiger partial charge in [-0.1, -0.05) is 67.0 Å². The normalized spacial score (nSPS) is 23.8. The van der Waals surface area contributed by atoms with Crippen LogP contribution in [-0.2, 0) is 4.79 Å². The number of nitrogens with one attached hydrogen (secondary N) is 2. The molecule has 1 heterocycles. The largest absolute Gasteiger partial charge is 0.351 e. The van der Waals surface area contributed by atoms with E-state index in [4.69, 9.17) is 0 Å². The predicted octanol–water partition coefficient (Wildman–Crippen LogP) is 5.39. The summed E-state index contributed by atoms with van der Waals surface area (Å²) < 4.78 is 0. The topological polar surface area (TPSA) is 41.1 Å². The first kappa shape index (κ1) is 22.4. The van der Waals surface area contributed by atoms with E-state index in [0.717, 1.165) is 25.0 Å². The Morgan fingerprint density at radius 3 is 2.68 bits per heavy atom. The molecule has 0 aromatic heterocycles. The summed E-state index contributed by atoms with van der Waals surface area (Å²) in [6.07, 6.45) is 18.7. The van der Waals surface area contributed by atoms with Gasteiger partial charge in [0.25, 0.3) is 0 Å². The maximum absolute atomic E-state index is 12.0. The second-order valence-electron chi connectivity index (χ2n) is 8.88. The van der Waals surface area contributed by atoms with Crippen LogP contribution in [0, 0.1) is 5.41 Å². The number of amides is 1. The summed E-state index contributed by atoms with van der Waals surface area (Å²) in [5, 5.41) is 6.20. The summed E-state index contributed by atoms with van der Waals surface area (Å²) in [6, 6.07) is -0.00508. The fourth-order valence-corrected chi connectivity index (χ4v) is 4.04. The van der Waals surface area contributed by atoms with Crippen molar-refractivity contribution in [3.8, 4) is 0 Å². The van der Waals surface area contributed by atoms with Gasteiger partial charge < -0.3 is 10.6 Å². The van der Waals surface area contributed by atoms with E-state index in [0.29, 0.717) is 6.54 Å². The zero-order valence-electron chi connectivity index (χ0n) is 18.4. The van der Waals surface area contributed by atoms with Crippen molar-refractivity contribution < 1.29 is 4.79 Å². The van der Waals surface area contributed by atoms with Gasteiger partial charge in [-0.25, -0.2) is 0 Å². The van der Waals surface area contributed by atoms with E-state index in [1.807, 2.05) is 0 Å². The van der Waals surface area contributed by atoms with Gasteiger partial charge in [-0.15, -0.1) is 0 Å². The van der Waals surface area contributed by atoms with E-state index in [2.05, 4.69) is 81.7 Å². The highest BCUT2D eigenvalue weighted by molar-refractivity contribution is 5.82. The van der Waals surface area contributed by atoms with Crippen molar-refractivity contribution in [2.75, 3.05) is 13.1 Å². The van der Waals surface area contributed by atoms with Gasteiger partial charge in [0.05, 0.1) is 6.04 Å². The minimum atomic E-state index is -0.00508. The van der Waals surface area contributed by atoms with Crippen LogP contribution in [0.5, 0.6) is 0 Å². The molecule has 0 aromatic rings. The molecule has 0 saturated carbocycles. The highest BCUT2D eigenvalue weighted by Crippen LogP contribution is 2.40. The Morgan fingerprint density at radius 2 is 2.00 bits per heavy atom. The van der Waals surface area contributed by atoms with Crippen LogP contribution >= 0.6 is 0 Å². The molecule has 1 saturated heterocycles. The molecule has 1 atom stereocenters. The number of hydrogen-bond acceptors (Lipinski definition) is 2. The van der Waals surface area contributed by atoms with Gasteiger partial charge in [0.1, 0.15) is 0 Å². The van der Waals surface area contributed by atoms with Crippen LogP contribution in [0.3, 0.4) is 0 Å². The number of rotatable bonds is 7. The molecule has 0 bridgehead atoms. The maximum atomic E-state index is 12.0. The second-order valence-corrected chi connectivity index (χ2v) is 8.88. The molecule has 3 heteroatoms. The van der Waals surface area contributed by atoms with Crippen LogP contribution < -0.4 is 10.6 Å². The zero-order chi connectivity index (χ0) is 20.6. The molecular weight excluding hydrogens is 344 g/mol. The molecule has 3 nitrogen and oxygen atoms in total. The van der Waals surface area contributed by atoms with Gasteiger partial charge >= 0.3 is 0 Å². The Morgan fingerprint density at radius 1 is 1.21 bits per heavy atom. The first-order valence-corrected chi connectivity index (χ1v) is 10.7. The summed E-state index contributed by atoms with van der Waals surface area (Å²) in [5.41, 5.74) is 5.71. The van der Waals surface area contributed by atoms with Gasteiger partial charge in [-0.2, -0.15) is 0 Å². The minimum absolute atomic E-state index is 0.00508. The average Bonchev–Trinajstić information content (AvgIpc) is 3.15. The van der Waals surface area contributed by atoms with Crippen LogP contribution in [0.2, 0.25) is 0 Å². The number of carbonyl (C=O) groups excluding carboxylic acids is 1. The average molecular weight is 383 g/mol. The van der Waals surface area contributed by atoms with E-state index >= 15 is 0 Å². The van der Waals surface area contributed by atoms with Gasteiger partial charge in [0.2, 0.25) is 5.91 Å². The SMILES string of the molecule is CC1=C(/C=C/C(C)=C/C=C/C(C)=C/CNC(=O)[C@@H]2CCCN2)C(C)(C)CCC1. The van der Waals surface area contributed by atoms with E-state index in [9.17, 15) is 4.79 Å². The molecule has 0 aromatic carbocycles. The highest BCUT2D eigenvalue weighted by atomic mass is 16.2. The van der Waals surface area contributed by atoms with Crippen LogP contribution in [0.25, 0.3) is 0 Å². The molecule has 0 radical (unpaired) electrons. The predicted molar refractivity (Wildman–Crippen MR) is 120 cm³/mol. The Labute approximate surface area is 171 Å². The van der Waals surface area contributed by atoms with Crippen molar-refractivity contribution in [3.05, 3.63) is 58.7 Å². The quantitative estimate of drug-likeness (QED) is 0.580. The van der Waals surface area contributed by atoms with Crippen LogP contribution in [0.4, 0.5) is 0 Å². The fourth-order valence-electron chi connectivity index (χ4n) is 4.04. The monoisotopic (exact) mass is 382 g/mol. The molecule has 1 fully saturated rings. The standard InChI is InChI=1S/C25H38N2O/c1-19(13-14-22-21(3)11-7-16-25(22,4)5)9-6-10-20(2)15-18-27-24(28)23-12-8-17-26-23/h6,9-10,13-15,23,26H,7-8,11-12,16-18H2,1-5H3,(H,27,28)/b10-6+,14-13+,19-9+,20-15+/t23-/m0/s1. The first-order chi connectivity index (χ1) is 13.3. The molecule has 1 aliphatic heterocycles. The van der Waals surface area contributed by atoms with Crippen LogP contribution in [-0.4, -0.2) is 25.0 Å². The fraction of sp³-hybridized carbons (Fsp3) is 0.560. The van der Waals surface area contributed by atoms with Crippen molar-refractivity contribution >= 4 is 5.91 Å². The third kappa shape index (κ3) is 6.94. The molecule has 2 N–H and O–H groups in total. The lowest BCUT2D eigenvalue weighted by atomic mass is 9.72. The Hall–Kier alpha value is -1.87. The highest BCUT2D eigenvalue weighted by Gasteiger charge is 2.26. The molecule has 154 valence electrons. The molecule has 28 heavy (non-hydrogen) atoms. The summed E-state index contributed by atoms with van der Waals surface area (Å²) in [6.45, 7) is 12.7. The molecular formula is C25H38N2O. The minimum Gasteiger partial charge on any atom is -0.351 e. The number of allylic oxidation sites excluding steroid dienone is 9. The zero-order valence-corrected chi connectivity index (χ0v) is 18.4. The van der Waals surface area contributed by atoms with Crippen molar-refractivity contribution in [2.24, 2.45) is 5.41 Å². The third-order valence-corrected chi connectivity index (χ3v) is 5.85. The molecule has 2 aliphatic rings. The molecule has 2 rings (SSSR count). The first-order valence-electron chi connectivity index (χ1n) is 10.7. The van der Waals surface area contributed by atoms with Crippen LogP contribution in [0.1, 0.15) is 66.7 Å². The van der Waals surface area contributed by atoms with Crippen molar-refractivity contribution in [2.45, 2.75) is 72.8 Å². The molecule has 0 unspecified atom stereocenters. The maximum Gasteiger partial charge on any atom is 0.237 e. The Bertz CT molecular complexity index is 698. The lowest BCUT2D eigenvalue weighted by molar-refractivity contribution is -0.122.